The number of anilines is 1. The van der Waals surface area contributed by atoms with E-state index in [1.807, 2.05) is 13.8 Å². The molecule has 21 heavy (non-hydrogen) atoms. The van der Waals surface area contributed by atoms with Gasteiger partial charge in [-0.25, -0.2) is 4.79 Å². The molecule has 1 aromatic rings. The predicted octanol–water partition coefficient (Wildman–Crippen LogP) is 3.15. The minimum atomic E-state index is -0.447. The van der Waals surface area contributed by atoms with Crippen LogP contribution in [0.5, 0.6) is 5.75 Å². The fourth-order valence-corrected chi connectivity index (χ4v) is 1.79. The molecule has 1 rings (SSSR count). The summed E-state index contributed by atoms with van der Waals surface area (Å²) in [5, 5.41) is 8.95. The van der Waals surface area contributed by atoms with Gasteiger partial charge in [-0.15, -0.1) is 0 Å². The summed E-state index contributed by atoms with van der Waals surface area (Å²) in [4.78, 5) is 11.9. The van der Waals surface area contributed by atoms with Gasteiger partial charge in [-0.2, -0.15) is 5.26 Å². The van der Waals surface area contributed by atoms with E-state index >= 15 is 0 Å². The standard InChI is InChI=1S/C16H22N2O3/c1-4-20-15(19)13-10-12(18)6-7-14(13)21-9-5-8-16(2,3)11-17/h6-7,10H,4-5,8-9,18H2,1-3H3. The lowest BCUT2D eigenvalue weighted by atomic mass is 9.90. The fourth-order valence-electron chi connectivity index (χ4n) is 1.79. The van der Waals surface area contributed by atoms with Gasteiger partial charge in [-0.3, -0.25) is 0 Å². The first-order chi connectivity index (χ1) is 9.89. The van der Waals surface area contributed by atoms with Gasteiger partial charge in [-0.05, 0) is 51.8 Å². The summed E-state index contributed by atoms with van der Waals surface area (Å²) in [6.07, 6.45) is 1.46. The third-order valence-electron chi connectivity index (χ3n) is 3.01. The number of hydrogen-bond donors (Lipinski definition) is 1. The van der Waals surface area contributed by atoms with Gasteiger partial charge in [0.15, 0.2) is 0 Å². The van der Waals surface area contributed by atoms with Gasteiger partial charge >= 0.3 is 5.97 Å². The second-order valence-electron chi connectivity index (χ2n) is 5.42. The Labute approximate surface area is 125 Å². The van der Waals surface area contributed by atoms with Crippen LogP contribution in [-0.4, -0.2) is 19.2 Å². The molecule has 0 saturated heterocycles. The average Bonchev–Trinajstić information content (AvgIpc) is 2.45. The van der Waals surface area contributed by atoms with Gasteiger partial charge in [0.2, 0.25) is 0 Å². The Bertz CT molecular complexity index is 533. The van der Waals surface area contributed by atoms with Crippen molar-refractivity contribution in [2.24, 2.45) is 5.41 Å². The maximum Gasteiger partial charge on any atom is 0.341 e. The van der Waals surface area contributed by atoms with E-state index in [1.165, 1.54) is 0 Å². The molecule has 0 bridgehead atoms. The average molecular weight is 290 g/mol. The van der Waals surface area contributed by atoms with Gasteiger partial charge < -0.3 is 15.2 Å². The van der Waals surface area contributed by atoms with Crippen LogP contribution in [0.4, 0.5) is 5.69 Å². The molecular weight excluding hydrogens is 268 g/mol. The number of carbonyl (C=O) groups excluding carboxylic acids is 1. The van der Waals surface area contributed by atoms with E-state index in [4.69, 9.17) is 20.5 Å². The van der Waals surface area contributed by atoms with Crippen LogP contribution >= 0.6 is 0 Å². The number of hydrogen-bond acceptors (Lipinski definition) is 5. The monoisotopic (exact) mass is 290 g/mol. The van der Waals surface area contributed by atoms with Gasteiger partial charge in [0, 0.05) is 5.69 Å². The molecule has 0 aromatic heterocycles. The van der Waals surface area contributed by atoms with Gasteiger partial charge in [0.1, 0.15) is 11.3 Å². The van der Waals surface area contributed by atoms with Crippen molar-refractivity contribution in [1.29, 1.82) is 5.26 Å². The Morgan fingerprint density at radius 2 is 2.14 bits per heavy atom. The Morgan fingerprint density at radius 3 is 2.76 bits per heavy atom. The van der Waals surface area contributed by atoms with E-state index in [1.54, 1.807) is 25.1 Å². The number of rotatable bonds is 7. The van der Waals surface area contributed by atoms with Crippen molar-refractivity contribution in [1.82, 2.24) is 0 Å². The van der Waals surface area contributed by atoms with E-state index < -0.39 is 5.97 Å². The molecule has 0 aliphatic carbocycles. The summed E-state index contributed by atoms with van der Waals surface area (Å²) in [7, 11) is 0. The van der Waals surface area contributed by atoms with E-state index in [0.717, 1.165) is 12.8 Å². The van der Waals surface area contributed by atoms with Crippen LogP contribution in [0.25, 0.3) is 0 Å². The van der Waals surface area contributed by atoms with Crippen LogP contribution in [0.3, 0.4) is 0 Å². The van der Waals surface area contributed by atoms with Crippen molar-refractivity contribution in [3.8, 4) is 11.8 Å². The summed E-state index contributed by atoms with van der Waals surface area (Å²) < 4.78 is 10.6. The van der Waals surface area contributed by atoms with Gasteiger partial charge in [-0.1, -0.05) is 0 Å². The first-order valence-corrected chi connectivity index (χ1v) is 7.00. The Balaban J connectivity index is 2.67. The number of nitrogens with two attached hydrogens (primary N) is 1. The topological polar surface area (TPSA) is 85.3 Å². The highest BCUT2D eigenvalue weighted by molar-refractivity contribution is 5.93. The lowest BCUT2D eigenvalue weighted by Gasteiger charge is -2.16. The number of carbonyl (C=O) groups is 1. The Kier molecular flexibility index (Phi) is 6.04. The number of nitrogen functional groups attached to an aromatic ring is 1. The van der Waals surface area contributed by atoms with Crippen molar-refractivity contribution in [3.05, 3.63) is 23.8 Å². The lowest BCUT2D eigenvalue weighted by Crippen LogP contribution is -2.12. The second kappa shape index (κ2) is 7.53. The highest BCUT2D eigenvalue weighted by Crippen LogP contribution is 2.24. The summed E-state index contributed by atoms with van der Waals surface area (Å²) in [5.74, 6) is 0.00886. The van der Waals surface area contributed by atoms with Crippen LogP contribution in [0, 0.1) is 16.7 Å². The highest BCUT2D eigenvalue weighted by atomic mass is 16.5. The maximum atomic E-state index is 11.9. The first-order valence-electron chi connectivity index (χ1n) is 7.00. The second-order valence-corrected chi connectivity index (χ2v) is 5.42. The summed E-state index contributed by atoms with van der Waals surface area (Å²) in [6, 6.07) is 7.14. The lowest BCUT2D eigenvalue weighted by molar-refractivity contribution is 0.0521. The van der Waals surface area contributed by atoms with Crippen LogP contribution in [-0.2, 0) is 4.74 Å². The molecule has 5 nitrogen and oxygen atoms in total. The molecule has 0 spiro atoms. The molecule has 0 unspecified atom stereocenters. The smallest absolute Gasteiger partial charge is 0.341 e. The molecule has 2 N–H and O–H groups in total. The predicted molar refractivity (Wildman–Crippen MR) is 80.9 cm³/mol. The minimum Gasteiger partial charge on any atom is -0.493 e. The zero-order chi connectivity index (χ0) is 15.9. The quantitative estimate of drug-likeness (QED) is 0.473. The van der Waals surface area contributed by atoms with Crippen molar-refractivity contribution in [3.63, 3.8) is 0 Å². The summed E-state index contributed by atoms with van der Waals surface area (Å²) >= 11 is 0. The molecule has 0 radical (unpaired) electrons. The number of esters is 1. The summed E-state index contributed by atoms with van der Waals surface area (Å²) in [6.45, 7) is 6.25. The van der Waals surface area contributed by atoms with Gasteiger partial charge in [0.25, 0.3) is 0 Å². The molecule has 0 saturated carbocycles. The molecule has 1 aromatic carbocycles. The van der Waals surface area contributed by atoms with Gasteiger partial charge in [0.05, 0.1) is 24.7 Å². The zero-order valence-corrected chi connectivity index (χ0v) is 12.8. The van der Waals surface area contributed by atoms with Crippen LogP contribution in [0.2, 0.25) is 0 Å². The SMILES string of the molecule is CCOC(=O)c1cc(N)ccc1OCCCC(C)(C)C#N. The van der Waals surface area contributed by atoms with Crippen molar-refractivity contribution in [2.75, 3.05) is 18.9 Å². The molecule has 0 heterocycles. The molecule has 5 heteroatoms. The molecule has 0 aliphatic rings. The zero-order valence-electron chi connectivity index (χ0n) is 12.8. The maximum absolute atomic E-state index is 11.9. The fraction of sp³-hybridized carbons (Fsp3) is 0.500. The third kappa shape index (κ3) is 5.35. The molecule has 0 fully saturated rings. The van der Waals surface area contributed by atoms with Crippen molar-refractivity contribution in [2.45, 2.75) is 33.6 Å². The first kappa shape index (κ1) is 16.8. The Hall–Kier alpha value is -2.22. The van der Waals surface area contributed by atoms with Crippen LogP contribution < -0.4 is 10.5 Å². The third-order valence-corrected chi connectivity index (χ3v) is 3.01. The summed E-state index contributed by atoms with van der Waals surface area (Å²) in [5.41, 5.74) is 6.14. The highest BCUT2D eigenvalue weighted by Gasteiger charge is 2.17. The Morgan fingerprint density at radius 1 is 1.43 bits per heavy atom. The van der Waals surface area contributed by atoms with E-state index in [2.05, 4.69) is 6.07 Å². The van der Waals surface area contributed by atoms with Crippen LogP contribution in [0.15, 0.2) is 18.2 Å². The van der Waals surface area contributed by atoms with Crippen molar-refractivity contribution < 1.29 is 14.3 Å². The van der Waals surface area contributed by atoms with E-state index in [-0.39, 0.29) is 5.41 Å². The van der Waals surface area contributed by atoms with E-state index in [9.17, 15) is 4.79 Å². The molecule has 0 atom stereocenters. The molecule has 0 amide bonds. The van der Waals surface area contributed by atoms with E-state index in [0.29, 0.717) is 30.2 Å². The van der Waals surface area contributed by atoms with Crippen molar-refractivity contribution >= 4 is 11.7 Å². The largest absolute Gasteiger partial charge is 0.493 e. The van der Waals surface area contributed by atoms with Crippen LogP contribution in [0.1, 0.15) is 44.0 Å². The molecule has 114 valence electrons. The molecular formula is C16H22N2O3. The number of nitrogens with zero attached hydrogens (tertiary/aromatic N) is 1. The minimum absolute atomic E-state index is 0.295. The number of ether oxygens (including phenoxy) is 2. The number of nitriles is 1. The molecule has 0 aliphatic heterocycles. The number of benzene rings is 1. The normalized spacial score (nSPS) is 10.8.